The smallest absolute Gasteiger partial charge is 0.110 e. The molecule has 4 nitrogen and oxygen atoms in total. The minimum atomic E-state index is 0.681. The number of hydrogen-bond donors (Lipinski definition) is 2. The summed E-state index contributed by atoms with van der Waals surface area (Å²) in [4.78, 5) is 7.54. The maximum Gasteiger partial charge on any atom is 0.110 e. The van der Waals surface area contributed by atoms with Gasteiger partial charge in [0.1, 0.15) is 5.69 Å². The Morgan fingerprint density at radius 3 is 2.22 bits per heavy atom. The first-order chi connectivity index (χ1) is 18.2. The molecule has 3 N–H and O–H groups in total. The summed E-state index contributed by atoms with van der Waals surface area (Å²) >= 11 is 0. The second-order valence-corrected chi connectivity index (χ2v) is 9.73. The first-order valence-electron chi connectivity index (χ1n) is 13.3. The fourth-order valence-corrected chi connectivity index (χ4v) is 4.94. The van der Waals surface area contributed by atoms with Crippen LogP contribution in [0.2, 0.25) is 0 Å². The van der Waals surface area contributed by atoms with Crippen molar-refractivity contribution in [3.63, 3.8) is 0 Å². The molecule has 37 heavy (non-hydrogen) atoms. The van der Waals surface area contributed by atoms with E-state index in [0.717, 1.165) is 54.3 Å². The normalized spacial score (nSPS) is 15.9. The average Bonchev–Trinajstić information content (AvgIpc) is 3.80. The first-order valence-corrected chi connectivity index (χ1v) is 13.3. The van der Waals surface area contributed by atoms with Gasteiger partial charge in [-0.1, -0.05) is 67.3 Å². The maximum atomic E-state index is 6.53. The highest BCUT2D eigenvalue weighted by Gasteiger charge is 2.24. The standard InChI is InChI=1S/C33H36N4/c1-3-11-31(37-22-9-6-10-23-37)29(4-2)35-32(27-18-19-27)33-28(34)20-21-30(36-33)26-16-14-25(15-17-26)24-12-7-5-8-13-24/h3-5,7-8,11-17,20-21,35H,2,6,9-10,18-19,22-23,34H2,1H3/b11-3-,31-29-. The van der Waals surface area contributed by atoms with Crippen molar-refractivity contribution in [1.82, 2.24) is 15.2 Å². The summed E-state index contributed by atoms with van der Waals surface area (Å²) in [5, 5.41) is 3.72. The Morgan fingerprint density at radius 2 is 1.57 bits per heavy atom. The van der Waals surface area contributed by atoms with E-state index in [-0.39, 0.29) is 0 Å². The average molecular weight is 489 g/mol. The zero-order chi connectivity index (χ0) is 25.6. The van der Waals surface area contributed by atoms with E-state index in [1.165, 1.54) is 41.7 Å². The lowest BCUT2D eigenvalue weighted by atomic mass is 10.0. The molecule has 0 unspecified atom stereocenters. The molecular weight excluding hydrogens is 452 g/mol. The number of pyridine rings is 1. The predicted octanol–water partition coefficient (Wildman–Crippen LogP) is 7.55. The van der Waals surface area contributed by atoms with Crippen LogP contribution in [0.5, 0.6) is 0 Å². The van der Waals surface area contributed by atoms with Crippen LogP contribution in [0.25, 0.3) is 28.1 Å². The fourth-order valence-electron chi connectivity index (χ4n) is 4.94. The zero-order valence-corrected chi connectivity index (χ0v) is 21.7. The van der Waals surface area contributed by atoms with Gasteiger partial charge in [-0.2, -0.15) is 0 Å². The molecule has 3 aromatic rings. The molecule has 2 fully saturated rings. The summed E-state index contributed by atoms with van der Waals surface area (Å²) in [5.41, 5.74) is 17.0. The summed E-state index contributed by atoms with van der Waals surface area (Å²) in [7, 11) is 0. The topological polar surface area (TPSA) is 54.2 Å². The molecule has 4 heteroatoms. The van der Waals surface area contributed by atoms with Gasteiger partial charge in [-0.3, -0.25) is 0 Å². The number of nitrogens with two attached hydrogens (primary N) is 1. The van der Waals surface area contributed by atoms with E-state index in [9.17, 15) is 0 Å². The van der Waals surface area contributed by atoms with E-state index < -0.39 is 0 Å². The first kappa shape index (κ1) is 24.6. The van der Waals surface area contributed by atoms with Gasteiger partial charge >= 0.3 is 0 Å². The van der Waals surface area contributed by atoms with Gasteiger partial charge in [-0.05, 0) is 80.0 Å². The van der Waals surface area contributed by atoms with Crippen molar-refractivity contribution in [3.8, 4) is 22.4 Å². The molecule has 0 amide bonds. The molecule has 188 valence electrons. The van der Waals surface area contributed by atoms with Crippen molar-refractivity contribution in [2.45, 2.75) is 39.0 Å². The Balaban J connectivity index is 1.48. The highest BCUT2D eigenvalue weighted by atomic mass is 15.2. The van der Waals surface area contributed by atoms with Crippen LogP contribution in [-0.4, -0.2) is 23.0 Å². The van der Waals surface area contributed by atoms with Gasteiger partial charge < -0.3 is 16.0 Å². The van der Waals surface area contributed by atoms with Gasteiger partial charge in [-0.25, -0.2) is 4.98 Å². The largest absolute Gasteiger partial charge is 0.397 e. The van der Waals surface area contributed by atoms with Crippen LogP contribution in [0.3, 0.4) is 0 Å². The number of nitrogens with zero attached hydrogens (tertiary/aromatic N) is 2. The molecule has 1 aliphatic heterocycles. The molecule has 1 saturated carbocycles. The second kappa shape index (κ2) is 11.3. The lowest BCUT2D eigenvalue weighted by Gasteiger charge is -2.31. The number of anilines is 1. The van der Waals surface area contributed by atoms with E-state index in [2.05, 4.69) is 84.4 Å². The lowest BCUT2D eigenvalue weighted by molar-refractivity contribution is 0.290. The number of piperidine rings is 1. The number of benzene rings is 2. The van der Waals surface area contributed by atoms with E-state index in [1.807, 2.05) is 24.3 Å². The van der Waals surface area contributed by atoms with Gasteiger partial charge in [-0.15, -0.1) is 0 Å². The van der Waals surface area contributed by atoms with Crippen molar-refractivity contribution in [2.75, 3.05) is 18.8 Å². The second-order valence-electron chi connectivity index (χ2n) is 9.73. The monoisotopic (exact) mass is 488 g/mol. The molecule has 2 heterocycles. The molecule has 2 aliphatic rings. The van der Waals surface area contributed by atoms with Gasteiger partial charge in [0.2, 0.25) is 0 Å². The fraction of sp³-hybridized carbons (Fsp3) is 0.242. The zero-order valence-electron chi connectivity index (χ0n) is 21.7. The van der Waals surface area contributed by atoms with Gasteiger partial charge in [0.25, 0.3) is 0 Å². The Bertz CT molecular complexity index is 1330. The van der Waals surface area contributed by atoms with Crippen LogP contribution in [0, 0.1) is 0 Å². The predicted molar refractivity (Wildman–Crippen MR) is 156 cm³/mol. The van der Waals surface area contributed by atoms with Gasteiger partial charge in [0, 0.05) is 18.7 Å². The SMILES string of the molecule is C=C/C(NC(=C1CC1)c1nc(-c2ccc(-c3ccccc3)cc2)ccc1N)=C(\C=C/C)N1CCCCC1. The van der Waals surface area contributed by atoms with Crippen molar-refractivity contribution >= 4 is 11.4 Å². The lowest BCUT2D eigenvalue weighted by Crippen LogP contribution is -2.31. The Kier molecular flexibility index (Phi) is 7.55. The van der Waals surface area contributed by atoms with Crippen LogP contribution in [0.15, 0.2) is 109 Å². The highest BCUT2D eigenvalue weighted by molar-refractivity contribution is 5.79. The Labute approximate surface area is 220 Å². The molecule has 5 rings (SSSR count). The molecule has 1 saturated heterocycles. The molecule has 1 aromatic heterocycles. The number of likely N-dealkylation sites (tertiary alicyclic amines) is 1. The van der Waals surface area contributed by atoms with Crippen LogP contribution >= 0.6 is 0 Å². The third-order valence-electron chi connectivity index (χ3n) is 7.07. The van der Waals surface area contributed by atoms with Crippen molar-refractivity contribution in [2.24, 2.45) is 0 Å². The molecule has 0 radical (unpaired) electrons. The summed E-state index contributed by atoms with van der Waals surface area (Å²) in [5.74, 6) is 0. The van der Waals surface area contributed by atoms with Crippen LogP contribution < -0.4 is 11.1 Å². The third-order valence-corrected chi connectivity index (χ3v) is 7.07. The Morgan fingerprint density at radius 1 is 0.892 bits per heavy atom. The molecule has 2 aromatic carbocycles. The van der Waals surface area contributed by atoms with E-state index in [1.54, 1.807) is 0 Å². The summed E-state index contributed by atoms with van der Waals surface area (Å²) in [6.07, 6.45) is 12.1. The minimum absolute atomic E-state index is 0.681. The molecule has 0 spiro atoms. The van der Waals surface area contributed by atoms with Crippen molar-refractivity contribution in [3.05, 3.63) is 114 Å². The summed E-state index contributed by atoms with van der Waals surface area (Å²) < 4.78 is 0. The molecular formula is C33H36N4. The van der Waals surface area contributed by atoms with E-state index in [0.29, 0.717) is 5.69 Å². The van der Waals surface area contributed by atoms with Crippen LogP contribution in [0.1, 0.15) is 44.7 Å². The van der Waals surface area contributed by atoms with Crippen molar-refractivity contribution in [1.29, 1.82) is 0 Å². The van der Waals surface area contributed by atoms with Gasteiger partial charge in [0.15, 0.2) is 0 Å². The number of rotatable bonds is 8. The third kappa shape index (κ3) is 5.69. The van der Waals surface area contributed by atoms with Crippen LogP contribution in [-0.2, 0) is 0 Å². The number of nitrogens with one attached hydrogen (secondary N) is 1. The Hall–Kier alpha value is -4.05. The molecule has 0 atom stereocenters. The number of nitrogen functional groups attached to an aromatic ring is 1. The summed E-state index contributed by atoms with van der Waals surface area (Å²) in [6, 6.07) is 23.0. The molecule has 1 aliphatic carbocycles. The van der Waals surface area contributed by atoms with E-state index >= 15 is 0 Å². The number of allylic oxidation sites excluding steroid dienone is 4. The van der Waals surface area contributed by atoms with Crippen LogP contribution in [0.4, 0.5) is 5.69 Å². The van der Waals surface area contributed by atoms with E-state index in [4.69, 9.17) is 10.7 Å². The minimum Gasteiger partial charge on any atom is -0.397 e. The number of hydrogen-bond acceptors (Lipinski definition) is 4. The number of aromatic nitrogens is 1. The maximum absolute atomic E-state index is 6.53. The summed E-state index contributed by atoms with van der Waals surface area (Å²) in [6.45, 7) is 8.36. The van der Waals surface area contributed by atoms with Crippen molar-refractivity contribution < 1.29 is 0 Å². The molecule has 0 bridgehead atoms. The van der Waals surface area contributed by atoms with Gasteiger partial charge in [0.05, 0.1) is 28.5 Å². The quantitative estimate of drug-likeness (QED) is 0.321. The highest BCUT2D eigenvalue weighted by Crippen LogP contribution is 2.38.